The lowest BCUT2D eigenvalue weighted by atomic mass is 9.78. The first kappa shape index (κ1) is 16.8. The van der Waals surface area contributed by atoms with Crippen molar-refractivity contribution >= 4 is 11.8 Å². The first-order chi connectivity index (χ1) is 12.6. The molecule has 1 spiro atoms. The van der Waals surface area contributed by atoms with Crippen LogP contribution in [0.2, 0.25) is 0 Å². The number of rotatable bonds is 3. The van der Waals surface area contributed by atoms with E-state index in [4.69, 9.17) is 4.42 Å². The van der Waals surface area contributed by atoms with E-state index in [2.05, 4.69) is 4.98 Å². The zero-order valence-corrected chi connectivity index (χ0v) is 15.0. The highest BCUT2D eigenvalue weighted by Gasteiger charge is 2.49. The number of pyridine rings is 1. The van der Waals surface area contributed by atoms with Gasteiger partial charge in [-0.15, -0.1) is 0 Å². The molecule has 0 bridgehead atoms. The van der Waals surface area contributed by atoms with Crippen molar-refractivity contribution in [2.45, 2.75) is 32.7 Å². The molecule has 2 aliphatic heterocycles. The molecule has 1 atom stereocenters. The van der Waals surface area contributed by atoms with Gasteiger partial charge in [0.25, 0.3) is 5.91 Å². The maximum atomic E-state index is 13.1. The van der Waals surface area contributed by atoms with Gasteiger partial charge in [0.05, 0.1) is 5.41 Å². The van der Waals surface area contributed by atoms with Gasteiger partial charge in [0.2, 0.25) is 5.91 Å². The van der Waals surface area contributed by atoms with Crippen LogP contribution in [0.4, 0.5) is 0 Å². The highest BCUT2D eigenvalue weighted by Crippen LogP contribution is 2.41. The Bertz CT molecular complexity index is 817. The minimum atomic E-state index is -0.442. The third-order valence-electron chi connectivity index (χ3n) is 5.54. The highest BCUT2D eigenvalue weighted by atomic mass is 16.3. The summed E-state index contributed by atoms with van der Waals surface area (Å²) < 4.78 is 5.48. The Morgan fingerprint density at radius 2 is 2.00 bits per heavy atom. The molecule has 0 aliphatic carbocycles. The van der Waals surface area contributed by atoms with Crippen LogP contribution in [0.5, 0.6) is 0 Å². The zero-order chi connectivity index (χ0) is 18.1. The average molecular weight is 353 g/mol. The van der Waals surface area contributed by atoms with Crippen LogP contribution in [-0.2, 0) is 11.3 Å². The molecule has 136 valence electrons. The summed E-state index contributed by atoms with van der Waals surface area (Å²) in [5.41, 5.74) is 0.642. The van der Waals surface area contributed by atoms with Crippen LogP contribution in [0, 0.1) is 12.3 Å². The molecule has 0 saturated carbocycles. The number of furan rings is 1. The average Bonchev–Trinajstić information content (AvgIpc) is 3.22. The summed E-state index contributed by atoms with van der Waals surface area (Å²) >= 11 is 0. The normalized spacial score (nSPS) is 23.0. The maximum Gasteiger partial charge on any atom is 0.289 e. The van der Waals surface area contributed by atoms with E-state index in [9.17, 15) is 9.59 Å². The van der Waals surface area contributed by atoms with Crippen molar-refractivity contribution in [1.29, 1.82) is 0 Å². The Labute approximate surface area is 152 Å². The number of carbonyl (C=O) groups excluding carboxylic acids is 2. The summed E-state index contributed by atoms with van der Waals surface area (Å²) in [6.07, 6.45) is 5.99. The lowest BCUT2D eigenvalue weighted by molar-refractivity contribution is -0.138. The molecular weight excluding hydrogens is 330 g/mol. The number of hydrogen-bond donors (Lipinski definition) is 0. The van der Waals surface area contributed by atoms with Gasteiger partial charge in [0, 0.05) is 38.6 Å². The second-order valence-electron chi connectivity index (χ2n) is 7.35. The number of piperidine rings is 1. The zero-order valence-electron chi connectivity index (χ0n) is 15.0. The van der Waals surface area contributed by atoms with Gasteiger partial charge >= 0.3 is 0 Å². The smallest absolute Gasteiger partial charge is 0.289 e. The van der Waals surface area contributed by atoms with E-state index >= 15 is 0 Å². The maximum absolute atomic E-state index is 13.1. The van der Waals surface area contributed by atoms with E-state index in [1.165, 1.54) is 0 Å². The van der Waals surface area contributed by atoms with Crippen molar-refractivity contribution in [3.63, 3.8) is 0 Å². The van der Waals surface area contributed by atoms with Crippen molar-refractivity contribution < 1.29 is 14.0 Å². The molecule has 2 aromatic heterocycles. The molecule has 6 heteroatoms. The van der Waals surface area contributed by atoms with Crippen LogP contribution in [0.15, 0.2) is 41.1 Å². The molecule has 4 rings (SSSR count). The molecule has 26 heavy (non-hydrogen) atoms. The molecule has 6 nitrogen and oxygen atoms in total. The van der Waals surface area contributed by atoms with Crippen LogP contribution < -0.4 is 0 Å². The molecule has 2 saturated heterocycles. The number of carbonyl (C=O) groups is 2. The van der Waals surface area contributed by atoms with Crippen molar-refractivity contribution in [2.24, 2.45) is 5.41 Å². The fraction of sp³-hybridized carbons (Fsp3) is 0.450. The predicted molar refractivity (Wildman–Crippen MR) is 95.3 cm³/mol. The molecule has 2 amide bonds. The van der Waals surface area contributed by atoms with E-state index < -0.39 is 5.41 Å². The Hall–Kier alpha value is -2.63. The van der Waals surface area contributed by atoms with Crippen molar-refractivity contribution in [3.8, 4) is 0 Å². The summed E-state index contributed by atoms with van der Waals surface area (Å²) in [4.78, 5) is 33.6. The Balaban J connectivity index is 1.48. The monoisotopic (exact) mass is 353 g/mol. The minimum absolute atomic E-state index is 0.113. The molecule has 2 aromatic rings. The van der Waals surface area contributed by atoms with Gasteiger partial charge in [-0.25, -0.2) is 0 Å². The van der Waals surface area contributed by atoms with Crippen LogP contribution in [0.3, 0.4) is 0 Å². The van der Waals surface area contributed by atoms with Gasteiger partial charge in [-0.05, 0) is 56.0 Å². The fourth-order valence-corrected chi connectivity index (χ4v) is 4.14. The molecule has 2 aliphatic rings. The third kappa shape index (κ3) is 3.00. The summed E-state index contributed by atoms with van der Waals surface area (Å²) in [5, 5.41) is 0. The first-order valence-electron chi connectivity index (χ1n) is 9.11. The number of amides is 2. The molecule has 0 radical (unpaired) electrons. The van der Waals surface area contributed by atoms with Gasteiger partial charge in [0.15, 0.2) is 5.76 Å². The van der Waals surface area contributed by atoms with E-state index in [-0.39, 0.29) is 11.8 Å². The number of nitrogens with zero attached hydrogens (tertiary/aromatic N) is 3. The summed E-state index contributed by atoms with van der Waals surface area (Å²) in [5.74, 6) is 1.14. The van der Waals surface area contributed by atoms with Crippen molar-refractivity contribution in [2.75, 3.05) is 19.6 Å². The summed E-state index contributed by atoms with van der Waals surface area (Å²) in [6, 6.07) is 7.39. The molecule has 2 fully saturated rings. The van der Waals surface area contributed by atoms with E-state index in [0.717, 1.165) is 37.1 Å². The second-order valence-corrected chi connectivity index (χ2v) is 7.35. The van der Waals surface area contributed by atoms with E-state index in [0.29, 0.717) is 25.4 Å². The Kier molecular flexibility index (Phi) is 4.26. The predicted octanol–water partition coefficient (Wildman–Crippen LogP) is 2.64. The van der Waals surface area contributed by atoms with Gasteiger partial charge < -0.3 is 14.2 Å². The Morgan fingerprint density at radius 1 is 1.19 bits per heavy atom. The topological polar surface area (TPSA) is 66.7 Å². The van der Waals surface area contributed by atoms with Crippen LogP contribution in [-0.4, -0.2) is 46.2 Å². The number of aryl methyl sites for hydroxylation is 1. The molecule has 4 heterocycles. The standard InChI is InChI=1S/C20H23N3O3/c1-15-3-4-17(26-15)18(24)23-11-2-7-20(14-23)8-12-22(19(20)25)13-16-5-9-21-10-6-16/h3-6,9-10H,2,7-8,11-14H2,1H3/t20-/m1/s1. The quantitative estimate of drug-likeness (QED) is 0.851. The third-order valence-corrected chi connectivity index (χ3v) is 5.54. The molecule has 0 N–H and O–H groups in total. The Morgan fingerprint density at radius 3 is 2.73 bits per heavy atom. The second kappa shape index (κ2) is 6.59. The fourth-order valence-electron chi connectivity index (χ4n) is 4.14. The number of likely N-dealkylation sites (tertiary alicyclic amines) is 2. The molecular formula is C20H23N3O3. The van der Waals surface area contributed by atoms with Crippen molar-refractivity contribution in [3.05, 3.63) is 53.7 Å². The van der Waals surface area contributed by atoms with Gasteiger partial charge in [-0.3, -0.25) is 14.6 Å². The molecule has 0 aromatic carbocycles. The number of aromatic nitrogens is 1. The lowest BCUT2D eigenvalue weighted by Crippen LogP contribution is -2.49. The SMILES string of the molecule is Cc1ccc(C(=O)N2CCC[C@@]3(CCN(Cc4ccncc4)C3=O)C2)o1. The van der Waals surface area contributed by atoms with E-state index in [1.54, 1.807) is 29.4 Å². The summed E-state index contributed by atoms with van der Waals surface area (Å²) in [6.45, 7) is 4.33. The lowest BCUT2D eigenvalue weighted by Gasteiger charge is -2.38. The van der Waals surface area contributed by atoms with Crippen molar-refractivity contribution in [1.82, 2.24) is 14.8 Å². The minimum Gasteiger partial charge on any atom is -0.456 e. The van der Waals surface area contributed by atoms with Crippen LogP contribution in [0.25, 0.3) is 0 Å². The first-order valence-corrected chi connectivity index (χ1v) is 9.11. The van der Waals surface area contributed by atoms with Crippen LogP contribution in [0.1, 0.15) is 41.1 Å². The van der Waals surface area contributed by atoms with Crippen LogP contribution >= 0.6 is 0 Å². The number of hydrogen-bond acceptors (Lipinski definition) is 4. The van der Waals surface area contributed by atoms with E-state index in [1.807, 2.05) is 24.0 Å². The van der Waals surface area contributed by atoms with Gasteiger partial charge in [-0.1, -0.05) is 0 Å². The van der Waals surface area contributed by atoms with Gasteiger partial charge in [-0.2, -0.15) is 0 Å². The highest BCUT2D eigenvalue weighted by molar-refractivity contribution is 5.93. The van der Waals surface area contributed by atoms with Gasteiger partial charge in [0.1, 0.15) is 5.76 Å². The summed E-state index contributed by atoms with van der Waals surface area (Å²) in [7, 11) is 0. The molecule has 0 unspecified atom stereocenters. The largest absolute Gasteiger partial charge is 0.456 e.